The number of hydrogen-bond donors (Lipinski definition) is 1. The molecule has 0 fully saturated rings. The van der Waals surface area contributed by atoms with Crippen LogP contribution in [0.15, 0.2) is 28.2 Å². The van der Waals surface area contributed by atoms with Crippen molar-refractivity contribution in [3.8, 4) is 23.0 Å². The number of aromatic amines is 1. The smallest absolute Gasteiger partial charge is 0.215 e. The normalized spacial score (nSPS) is 11.5. The first-order valence-electron chi connectivity index (χ1n) is 8.85. The summed E-state index contributed by atoms with van der Waals surface area (Å²) < 4.78 is 8.06. The molecule has 0 bridgehead atoms. The van der Waals surface area contributed by atoms with Crippen LogP contribution >= 0.6 is 27.3 Å². The number of halogens is 1. The summed E-state index contributed by atoms with van der Waals surface area (Å²) in [5.74, 6) is 0.922. The summed E-state index contributed by atoms with van der Waals surface area (Å²) in [5, 5.41) is 20.1. The van der Waals surface area contributed by atoms with Crippen molar-refractivity contribution in [1.82, 2.24) is 19.5 Å². The molecule has 0 aliphatic carbocycles. The zero-order valence-electron chi connectivity index (χ0n) is 16.3. The fraction of sp³-hybridized carbons (Fsp3) is 0.143. The lowest BCUT2D eigenvalue weighted by atomic mass is 10.1. The maximum Gasteiger partial charge on any atom is 0.215 e. The molecule has 0 spiro atoms. The van der Waals surface area contributed by atoms with E-state index in [-0.39, 0.29) is 0 Å². The van der Waals surface area contributed by atoms with E-state index in [1.54, 1.807) is 25.4 Å². The Morgan fingerprint density at radius 3 is 2.80 bits per heavy atom. The Labute approximate surface area is 185 Å². The van der Waals surface area contributed by atoms with Gasteiger partial charge in [0, 0.05) is 17.5 Å². The number of aromatic nitrogens is 4. The average molecular weight is 479 g/mol. The van der Waals surface area contributed by atoms with Gasteiger partial charge in [-0.2, -0.15) is 10.5 Å². The Kier molecular flexibility index (Phi) is 5.17. The highest BCUT2D eigenvalue weighted by Crippen LogP contribution is 2.34. The van der Waals surface area contributed by atoms with Gasteiger partial charge in [0.2, 0.25) is 5.88 Å². The number of aryl methyl sites for hydroxylation is 1. The summed E-state index contributed by atoms with van der Waals surface area (Å²) in [6, 6.07) is 9.99. The minimum absolute atomic E-state index is 0.401. The third-order valence-electron chi connectivity index (χ3n) is 4.70. The second kappa shape index (κ2) is 7.79. The standard InChI is InChI=1S/C21H15BrN6OS/c1-11-4-13(12(2)28(11)21-15(9-24)6-18(22)30-21)5-14(8-23)20-26-16-7-19(29-3)25-10-17(16)27-20/h4-7,10H,1-3H3,(H,26,27). The van der Waals surface area contributed by atoms with Gasteiger partial charge in [0.1, 0.15) is 23.0 Å². The lowest BCUT2D eigenvalue weighted by Crippen LogP contribution is -1.98. The average Bonchev–Trinajstić information content (AvgIpc) is 3.40. The molecular formula is C21H15BrN6OS. The number of hydrogen-bond acceptors (Lipinski definition) is 6. The first-order chi connectivity index (χ1) is 14.4. The molecule has 0 atom stereocenters. The topological polar surface area (TPSA) is 103 Å². The van der Waals surface area contributed by atoms with E-state index in [0.29, 0.717) is 28.4 Å². The Balaban J connectivity index is 1.81. The third-order valence-corrected chi connectivity index (χ3v) is 6.33. The summed E-state index contributed by atoms with van der Waals surface area (Å²) in [4.78, 5) is 11.8. The predicted octanol–water partition coefficient (Wildman–Crippen LogP) is 5.13. The van der Waals surface area contributed by atoms with Crippen molar-refractivity contribution in [2.45, 2.75) is 13.8 Å². The molecule has 0 radical (unpaired) electrons. The van der Waals surface area contributed by atoms with E-state index < -0.39 is 0 Å². The van der Waals surface area contributed by atoms with Crippen molar-refractivity contribution in [3.63, 3.8) is 0 Å². The van der Waals surface area contributed by atoms with E-state index in [4.69, 9.17) is 4.74 Å². The fourth-order valence-corrected chi connectivity index (χ4v) is 4.92. The molecule has 4 aromatic heterocycles. The lowest BCUT2D eigenvalue weighted by Gasteiger charge is -2.07. The molecule has 4 heterocycles. The van der Waals surface area contributed by atoms with Gasteiger partial charge in [0.15, 0.2) is 0 Å². The number of fused-ring (bicyclic) bond motifs is 1. The SMILES string of the molecule is COc1cc2nc(C(C#N)=Cc3cc(C)n(-c4sc(Br)cc4C#N)c3C)[nH]c2cn1. The van der Waals surface area contributed by atoms with Crippen molar-refractivity contribution < 1.29 is 4.74 Å². The van der Waals surface area contributed by atoms with Crippen molar-refractivity contribution in [3.05, 3.63) is 56.5 Å². The number of nitrogens with one attached hydrogen (secondary N) is 1. The summed E-state index contributed by atoms with van der Waals surface area (Å²) in [5.41, 5.74) is 5.19. The predicted molar refractivity (Wildman–Crippen MR) is 119 cm³/mol. The van der Waals surface area contributed by atoms with Crippen LogP contribution in [0.4, 0.5) is 0 Å². The van der Waals surface area contributed by atoms with E-state index in [0.717, 1.165) is 31.3 Å². The van der Waals surface area contributed by atoms with Crippen molar-refractivity contribution >= 4 is 49.9 Å². The van der Waals surface area contributed by atoms with Crippen LogP contribution < -0.4 is 4.74 Å². The molecule has 0 amide bonds. The number of H-pyrrole nitrogens is 1. The summed E-state index contributed by atoms with van der Waals surface area (Å²) >= 11 is 4.95. The van der Waals surface area contributed by atoms with Gasteiger partial charge < -0.3 is 14.3 Å². The Morgan fingerprint density at radius 2 is 2.10 bits per heavy atom. The van der Waals surface area contributed by atoms with Crippen LogP contribution in [0.3, 0.4) is 0 Å². The van der Waals surface area contributed by atoms with Gasteiger partial charge in [-0.3, -0.25) is 0 Å². The molecule has 0 unspecified atom stereocenters. The molecule has 4 aromatic rings. The number of imidazole rings is 1. The quantitative estimate of drug-likeness (QED) is 0.409. The van der Waals surface area contributed by atoms with Crippen LogP contribution in [-0.4, -0.2) is 26.6 Å². The number of nitriles is 2. The van der Waals surface area contributed by atoms with Crippen LogP contribution in [0.1, 0.15) is 28.3 Å². The van der Waals surface area contributed by atoms with Gasteiger partial charge in [-0.25, -0.2) is 9.97 Å². The van der Waals surface area contributed by atoms with Gasteiger partial charge >= 0.3 is 0 Å². The molecule has 7 nitrogen and oxygen atoms in total. The van der Waals surface area contributed by atoms with Crippen LogP contribution in [0.2, 0.25) is 0 Å². The monoisotopic (exact) mass is 478 g/mol. The van der Waals surface area contributed by atoms with Crippen molar-refractivity contribution in [1.29, 1.82) is 10.5 Å². The molecule has 1 N–H and O–H groups in total. The molecule has 0 aromatic carbocycles. The van der Waals surface area contributed by atoms with E-state index in [1.807, 2.05) is 30.5 Å². The zero-order chi connectivity index (χ0) is 21.4. The molecule has 4 rings (SSSR count). The molecule has 0 aliphatic rings. The molecule has 148 valence electrons. The van der Waals surface area contributed by atoms with Crippen molar-refractivity contribution in [2.24, 2.45) is 0 Å². The molecule has 0 saturated heterocycles. The first-order valence-corrected chi connectivity index (χ1v) is 10.5. The number of nitrogens with zero attached hydrogens (tertiary/aromatic N) is 5. The van der Waals surface area contributed by atoms with E-state index >= 15 is 0 Å². The van der Waals surface area contributed by atoms with Crippen LogP contribution in [0, 0.1) is 36.5 Å². The lowest BCUT2D eigenvalue weighted by molar-refractivity contribution is 0.398. The highest BCUT2D eigenvalue weighted by atomic mass is 79.9. The first kappa shape index (κ1) is 19.9. The highest BCUT2D eigenvalue weighted by Gasteiger charge is 2.17. The van der Waals surface area contributed by atoms with Gasteiger partial charge in [-0.15, -0.1) is 11.3 Å². The third kappa shape index (κ3) is 3.39. The molecular weight excluding hydrogens is 464 g/mol. The van der Waals surface area contributed by atoms with Gasteiger partial charge in [0.05, 0.1) is 39.3 Å². The maximum atomic E-state index is 9.76. The molecule has 0 aliphatic heterocycles. The Bertz CT molecular complexity index is 1400. The number of ether oxygens (including phenoxy) is 1. The second-order valence-corrected chi connectivity index (χ2v) is 8.95. The summed E-state index contributed by atoms with van der Waals surface area (Å²) in [6.07, 6.45) is 3.43. The largest absolute Gasteiger partial charge is 0.481 e. The van der Waals surface area contributed by atoms with E-state index in [1.165, 1.54) is 11.3 Å². The number of pyridine rings is 1. The number of rotatable bonds is 4. The van der Waals surface area contributed by atoms with Crippen LogP contribution in [-0.2, 0) is 0 Å². The minimum Gasteiger partial charge on any atom is -0.481 e. The molecule has 9 heteroatoms. The minimum atomic E-state index is 0.401. The number of methoxy groups -OCH3 is 1. The van der Waals surface area contributed by atoms with Crippen LogP contribution in [0.5, 0.6) is 5.88 Å². The second-order valence-electron chi connectivity index (χ2n) is 6.54. The van der Waals surface area contributed by atoms with Gasteiger partial charge in [-0.05, 0) is 53.5 Å². The highest BCUT2D eigenvalue weighted by molar-refractivity contribution is 9.11. The van der Waals surface area contributed by atoms with Crippen molar-refractivity contribution in [2.75, 3.05) is 7.11 Å². The summed E-state index contributed by atoms with van der Waals surface area (Å²) in [7, 11) is 1.54. The van der Waals surface area contributed by atoms with Gasteiger partial charge in [-0.1, -0.05) is 0 Å². The van der Waals surface area contributed by atoms with E-state index in [9.17, 15) is 10.5 Å². The fourth-order valence-electron chi connectivity index (χ4n) is 3.28. The number of allylic oxidation sites excluding steroid dienone is 1. The van der Waals surface area contributed by atoms with Gasteiger partial charge in [0.25, 0.3) is 0 Å². The Morgan fingerprint density at radius 1 is 1.30 bits per heavy atom. The number of thiophene rings is 1. The Hall–Kier alpha value is -3.40. The molecule has 30 heavy (non-hydrogen) atoms. The van der Waals surface area contributed by atoms with E-state index in [2.05, 4.69) is 43.0 Å². The zero-order valence-corrected chi connectivity index (χ0v) is 18.7. The summed E-state index contributed by atoms with van der Waals surface area (Å²) in [6.45, 7) is 3.94. The van der Waals surface area contributed by atoms with Crippen LogP contribution in [0.25, 0.3) is 27.7 Å². The maximum absolute atomic E-state index is 9.76. The molecule has 0 saturated carbocycles.